The molecule has 2 aliphatic rings. The number of fused-ring (bicyclic) bond motifs is 2. The van der Waals surface area contributed by atoms with Gasteiger partial charge in [0.1, 0.15) is 11.3 Å². The maximum absolute atomic E-state index is 13.9. The summed E-state index contributed by atoms with van der Waals surface area (Å²) in [4.78, 5) is 30.1. The van der Waals surface area contributed by atoms with Crippen LogP contribution in [0.25, 0.3) is 5.69 Å². The van der Waals surface area contributed by atoms with E-state index in [1.807, 2.05) is 58.9 Å². The fourth-order valence-electron chi connectivity index (χ4n) is 4.92. The van der Waals surface area contributed by atoms with Crippen LogP contribution in [0.2, 0.25) is 5.02 Å². The first-order valence-corrected chi connectivity index (χ1v) is 13.8. The van der Waals surface area contributed by atoms with Crippen molar-refractivity contribution in [2.45, 2.75) is 66.2 Å². The summed E-state index contributed by atoms with van der Waals surface area (Å²) in [6.45, 7) is 11.5. The Labute approximate surface area is 235 Å². The number of hydrogen-bond donors (Lipinski definition) is 0. The third-order valence-corrected chi connectivity index (χ3v) is 6.83. The molecule has 0 bridgehead atoms. The second-order valence-electron chi connectivity index (χ2n) is 10.4. The van der Waals surface area contributed by atoms with Crippen LogP contribution in [0.1, 0.15) is 67.5 Å². The summed E-state index contributed by atoms with van der Waals surface area (Å²) in [6, 6.07) is 13.4. The lowest BCUT2D eigenvalue weighted by Gasteiger charge is -2.33. The summed E-state index contributed by atoms with van der Waals surface area (Å²) in [5.74, 6) is -0.129. The van der Waals surface area contributed by atoms with Crippen molar-refractivity contribution in [2.75, 3.05) is 25.1 Å². The average molecular weight is 553 g/mol. The quantitative estimate of drug-likeness (QED) is 0.385. The molecule has 2 aliphatic heterocycles. The van der Waals surface area contributed by atoms with Gasteiger partial charge in [0.15, 0.2) is 0 Å². The first kappa shape index (κ1) is 28.6. The minimum Gasteiger partial charge on any atom is -0.444 e. The first-order valence-electron chi connectivity index (χ1n) is 13.4. The molecule has 0 saturated carbocycles. The number of anilines is 1. The van der Waals surface area contributed by atoms with Crippen molar-refractivity contribution in [2.24, 2.45) is 0 Å². The van der Waals surface area contributed by atoms with Crippen molar-refractivity contribution in [1.82, 2.24) is 14.7 Å². The van der Waals surface area contributed by atoms with Crippen LogP contribution in [0.5, 0.6) is 0 Å². The van der Waals surface area contributed by atoms with Gasteiger partial charge in [0.2, 0.25) is 0 Å². The normalized spacial score (nSPS) is 14.8. The number of nitrogens with zero attached hydrogens (tertiary/aromatic N) is 4. The number of aromatic nitrogens is 2. The Bertz CT molecular complexity index is 1360. The van der Waals surface area contributed by atoms with E-state index in [9.17, 15) is 9.59 Å². The smallest absolute Gasteiger partial charge is 0.410 e. The van der Waals surface area contributed by atoms with Crippen molar-refractivity contribution < 1.29 is 19.1 Å². The van der Waals surface area contributed by atoms with Crippen LogP contribution < -0.4 is 4.90 Å². The van der Waals surface area contributed by atoms with Crippen molar-refractivity contribution in [1.29, 1.82) is 0 Å². The van der Waals surface area contributed by atoms with Gasteiger partial charge in [0.05, 0.1) is 18.0 Å². The fourth-order valence-corrected chi connectivity index (χ4v) is 5.10. The Morgan fingerprint density at radius 2 is 1.79 bits per heavy atom. The van der Waals surface area contributed by atoms with Crippen LogP contribution in [-0.4, -0.2) is 52.5 Å². The number of hydrogen-bond acceptors (Lipinski definition) is 5. The molecule has 2 aromatic carbocycles. The van der Waals surface area contributed by atoms with Crippen molar-refractivity contribution >= 4 is 29.3 Å². The van der Waals surface area contributed by atoms with Crippen molar-refractivity contribution in [3.8, 4) is 5.69 Å². The zero-order valence-electron chi connectivity index (χ0n) is 23.6. The highest BCUT2D eigenvalue weighted by Gasteiger charge is 2.34. The van der Waals surface area contributed by atoms with Gasteiger partial charge in [-0.05, 0) is 75.1 Å². The number of amides is 2. The number of methoxy groups -OCH3 is 1. The van der Waals surface area contributed by atoms with Crippen molar-refractivity contribution in [3.05, 3.63) is 75.6 Å². The Hall–Kier alpha value is -3.36. The molecule has 0 unspecified atom stereocenters. The second kappa shape index (κ2) is 11.8. The summed E-state index contributed by atoms with van der Waals surface area (Å²) in [6.07, 6.45) is 1.08. The summed E-state index contributed by atoms with van der Waals surface area (Å²) in [5.41, 5.74) is 5.35. The van der Waals surface area contributed by atoms with Gasteiger partial charge in [0, 0.05) is 43.0 Å². The van der Waals surface area contributed by atoms with Gasteiger partial charge >= 0.3 is 6.09 Å². The molecule has 0 saturated heterocycles. The van der Waals surface area contributed by atoms with Crippen LogP contribution in [0.4, 0.5) is 10.5 Å². The van der Waals surface area contributed by atoms with E-state index < -0.39 is 5.60 Å². The number of halogens is 1. The summed E-state index contributed by atoms with van der Waals surface area (Å²) < 4.78 is 12.6. The zero-order chi connectivity index (χ0) is 28.3. The average Bonchev–Trinajstić information content (AvgIpc) is 3.28. The first-order chi connectivity index (χ1) is 18.6. The summed E-state index contributed by atoms with van der Waals surface area (Å²) >= 11 is 6.25. The Morgan fingerprint density at radius 1 is 1.03 bits per heavy atom. The molecule has 39 heavy (non-hydrogen) atoms. The minimum atomic E-state index is -0.551. The highest BCUT2D eigenvalue weighted by Crippen LogP contribution is 2.32. The largest absolute Gasteiger partial charge is 0.444 e. The Kier molecular flexibility index (Phi) is 8.67. The molecule has 3 aromatic rings. The van der Waals surface area contributed by atoms with E-state index in [0.29, 0.717) is 43.4 Å². The SMILES string of the molecule is CC.COCc1nn(-c2cccc(Cl)c2)c2c1CCN(c1ccc3c(c1)CN(C(=O)OC(C)(C)C)CC3)C2=O. The fraction of sp³-hybridized carbons (Fsp3) is 0.433. The second-order valence-corrected chi connectivity index (χ2v) is 10.8. The van der Waals surface area contributed by atoms with E-state index in [2.05, 4.69) is 6.07 Å². The van der Waals surface area contributed by atoms with Crippen LogP contribution in [0, 0.1) is 0 Å². The Morgan fingerprint density at radius 3 is 2.49 bits per heavy atom. The number of carbonyl (C=O) groups excluding carboxylic acids is 2. The van der Waals surface area contributed by atoms with Gasteiger partial charge in [-0.25, -0.2) is 9.48 Å². The summed E-state index contributed by atoms with van der Waals surface area (Å²) in [5, 5.41) is 5.30. The topological polar surface area (TPSA) is 76.9 Å². The number of rotatable bonds is 4. The molecular formula is C30H37ClN4O4. The predicted molar refractivity (Wildman–Crippen MR) is 153 cm³/mol. The van der Waals surface area contributed by atoms with E-state index in [1.165, 1.54) is 5.56 Å². The number of benzene rings is 2. The van der Waals surface area contributed by atoms with Crippen molar-refractivity contribution in [3.63, 3.8) is 0 Å². The molecule has 0 aliphatic carbocycles. The van der Waals surface area contributed by atoms with Gasteiger partial charge in [0.25, 0.3) is 5.91 Å². The van der Waals surface area contributed by atoms with Gasteiger partial charge in [-0.15, -0.1) is 0 Å². The molecule has 0 N–H and O–H groups in total. The molecule has 1 aromatic heterocycles. The lowest BCUT2D eigenvalue weighted by molar-refractivity contribution is 0.0224. The molecule has 0 spiro atoms. The summed E-state index contributed by atoms with van der Waals surface area (Å²) in [7, 11) is 1.62. The van der Waals surface area contributed by atoms with Gasteiger partial charge in [-0.2, -0.15) is 5.10 Å². The van der Waals surface area contributed by atoms with Crippen LogP contribution in [0.3, 0.4) is 0 Å². The third kappa shape index (κ3) is 6.12. The molecule has 2 amide bonds. The maximum atomic E-state index is 13.9. The van der Waals surface area contributed by atoms with E-state index in [0.717, 1.165) is 34.6 Å². The number of carbonyl (C=O) groups is 2. The minimum absolute atomic E-state index is 0.129. The molecule has 3 heterocycles. The highest BCUT2D eigenvalue weighted by atomic mass is 35.5. The molecule has 0 radical (unpaired) electrons. The highest BCUT2D eigenvalue weighted by molar-refractivity contribution is 6.30. The van der Waals surface area contributed by atoms with E-state index in [1.54, 1.807) is 33.7 Å². The van der Waals surface area contributed by atoms with Gasteiger partial charge in [-0.3, -0.25) is 4.79 Å². The van der Waals surface area contributed by atoms with E-state index in [-0.39, 0.29) is 12.0 Å². The Balaban J connectivity index is 0.00000172. The standard InChI is InChI=1S/C28H31ClN4O4.C2H6/c1-28(2,3)37-27(35)31-12-10-18-8-9-21(14-19(18)16-31)32-13-11-23-24(17-36-4)30-33(25(23)26(32)34)22-7-5-6-20(29)15-22;1-2/h5-9,14-15H,10-13,16-17H2,1-4H3;1-2H3. The van der Waals surface area contributed by atoms with Gasteiger partial charge < -0.3 is 19.3 Å². The van der Waals surface area contributed by atoms with Gasteiger partial charge in [-0.1, -0.05) is 37.6 Å². The molecule has 0 atom stereocenters. The maximum Gasteiger partial charge on any atom is 0.410 e. The van der Waals surface area contributed by atoms with Crippen LogP contribution in [0.15, 0.2) is 42.5 Å². The number of ether oxygens (including phenoxy) is 2. The van der Waals surface area contributed by atoms with Crippen LogP contribution >= 0.6 is 11.6 Å². The van der Waals surface area contributed by atoms with Crippen LogP contribution in [-0.2, 0) is 35.5 Å². The molecule has 208 valence electrons. The molecule has 5 rings (SSSR count). The third-order valence-electron chi connectivity index (χ3n) is 6.60. The monoisotopic (exact) mass is 552 g/mol. The molecular weight excluding hydrogens is 516 g/mol. The lowest BCUT2D eigenvalue weighted by Crippen LogP contribution is -2.41. The predicted octanol–water partition coefficient (Wildman–Crippen LogP) is 6.19. The molecule has 9 heteroatoms. The van der Waals surface area contributed by atoms with E-state index in [4.69, 9.17) is 26.2 Å². The molecule has 8 nitrogen and oxygen atoms in total. The lowest BCUT2D eigenvalue weighted by atomic mass is 9.97. The van der Waals surface area contributed by atoms with E-state index >= 15 is 0 Å². The zero-order valence-corrected chi connectivity index (χ0v) is 24.3. The molecule has 0 fully saturated rings.